The van der Waals surface area contributed by atoms with E-state index in [9.17, 15) is 0 Å². The summed E-state index contributed by atoms with van der Waals surface area (Å²) in [4.78, 5) is 36.0. The van der Waals surface area contributed by atoms with Gasteiger partial charge in [-0.3, -0.25) is 19.2 Å². The number of aliphatic carboxylic acids is 4. The van der Waals surface area contributed by atoms with Crippen LogP contribution in [0, 0.1) is 13.8 Å². The maximum Gasteiger partial charge on any atom is 0.300 e. The highest BCUT2D eigenvalue weighted by atomic mass is 28.1. The van der Waals surface area contributed by atoms with Crippen LogP contribution in [0.1, 0.15) is 38.8 Å². The maximum absolute atomic E-state index is 9.00. The zero-order chi connectivity index (χ0) is 20.3. The first-order valence-electron chi connectivity index (χ1n) is 6.54. The second-order valence-corrected chi connectivity index (χ2v) is 4.16. The zero-order valence-corrected chi connectivity index (χ0v) is 14.7. The minimum absolute atomic E-state index is 0. The van der Waals surface area contributed by atoms with Gasteiger partial charge in [-0.05, 0) is 35.9 Å². The van der Waals surface area contributed by atoms with Gasteiger partial charge in [-0.15, -0.1) is 0 Å². The summed E-state index contributed by atoms with van der Waals surface area (Å²) in [5.74, 6) is -3.33. The molecular formula is C16H30O8Si. The molecule has 0 aliphatic carbocycles. The molecule has 0 spiro atoms. The van der Waals surface area contributed by atoms with Crippen molar-refractivity contribution < 1.29 is 39.6 Å². The van der Waals surface area contributed by atoms with E-state index >= 15 is 0 Å². The van der Waals surface area contributed by atoms with Crippen molar-refractivity contribution in [2.24, 2.45) is 0 Å². The Morgan fingerprint density at radius 1 is 0.600 bits per heavy atom. The average Bonchev–Trinajstić information content (AvgIpc) is 2.30. The third-order valence-corrected chi connectivity index (χ3v) is 1.43. The minimum Gasteiger partial charge on any atom is -0.481 e. The highest BCUT2D eigenvalue weighted by molar-refractivity contribution is 5.75. The largest absolute Gasteiger partial charge is 0.481 e. The van der Waals surface area contributed by atoms with Crippen molar-refractivity contribution in [2.75, 3.05) is 0 Å². The van der Waals surface area contributed by atoms with Gasteiger partial charge in [0.2, 0.25) is 0 Å². The fourth-order valence-electron chi connectivity index (χ4n) is 0.663. The van der Waals surface area contributed by atoms with Gasteiger partial charge in [-0.25, -0.2) is 0 Å². The molecule has 1 aromatic rings. The molecule has 0 bridgehead atoms. The van der Waals surface area contributed by atoms with E-state index in [1.807, 2.05) is 0 Å². The first-order chi connectivity index (χ1) is 10.7. The zero-order valence-electron chi connectivity index (χ0n) is 14.7. The van der Waals surface area contributed by atoms with E-state index in [2.05, 4.69) is 38.1 Å². The van der Waals surface area contributed by atoms with Crippen LogP contribution in [0.15, 0.2) is 24.3 Å². The van der Waals surface area contributed by atoms with Gasteiger partial charge in [0.05, 0.1) is 0 Å². The Kier molecular flexibility index (Phi) is 31.9. The van der Waals surface area contributed by atoms with Crippen LogP contribution in [0.3, 0.4) is 0 Å². The van der Waals surface area contributed by atoms with E-state index in [-0.39, 0.29) is 11.0 Å². The number of hydrogen-bond donors (Lipinski definition) is 4. The van der Waals surface area contributed by atoms with Gasteiger partial charge in [-0.2, -0.15) is 0 Å². The molecular weight excluding hydrogens is 348 g/mol. The molecule has 146 valence electrons. The Labute approximate surface area is 152 Å². The van der Waals surface area contributed by atoms with Crippen molar-refractivity contribution in [3.05, 3.63) is 35.4 Å². The Morgan fingerprint density at radius 2 is 0.720 bits per heavy atom. The normalized spacial score (nSPS) is 6.96. The molecule has 0 saturated carbocycles. The summed E-state index contributed by atoms with van der Waals surface area (Å²) >= 11 is 0. The van der Waals surface area contributed by atoms with Crippen LogP contribution in [0.4, 0.5) is 0 Å². The van der Waals surface area contributed by atoms with E-state index in [4.69, 9.17) is 39.6 Å². The Hall–Kier alpha value is -2.68. The SMILES string of the molecule is CC(=O)O.CC(=O)O.CC(=O)O.CC(=O)O.Cc1ccccc1C.[SiH4]. The van der Waals surface area contributed by atoms with E-state index in [1.54, 1.807) is 0 Å². The summed E-state index contributed by atoms with van der Waals surface area (Å²) in [6.07, 6.45) is 0. The summed E-state index contributed by atoms with van der Waals surface area (Å²) < 4.78 is 0. The van der Waals surface area contributed by atoms with Crippen LogP contribution in [0.2, 0.25) is 0 Å². The van der Waals surface area contributed by atoms with Crippen LogP contribution >= 0.6 is 0 Å². The quantitative estimate of drug-likeness (QED) is 0.492. The van der Waals surface area contributed by atoms with Gasteiger partial charge in [-0.1, -0.05) is 24.3 Å². The Bertz CT molecular complexity index is 416. The van der Waals surface area contributed by atoms with Crippen molar-refractivity contribution >= 4 is 34.8 Å². The van der Waals surface area contributed by atoms with Crippen molar-refractivity contribution in [1.29, 1.82) is 0 Å². The molecule has 4 N–H and O–H groups in total. The molecule has 0 aliphatic rings. The monoisotopic (exact) mass is 378 g/mol. The minimum atomic E-state index is -0.833. The van der Waals surface area contributed by atoms with Gasteiger partial charge in [0, 0.05) is 27.7 Å². The number of aryl methyl sites for hydroxylation is 2. The molecule has 25 heavy (non-hydrogen) atoms. The van der Waals surface area contributed by atoms with Gasteiger partial charge >= 0.3 is 0 Å². The van der Waals surface area contributed by atoms with E-state index in [0.717, 1.165) is 27.7 Å². The first kappa shape index (κ1) is 33.8. The standard InChI is InChI=1S/C8H10.4C2H4O2.H4Si/c1-7-5-3-4-6-8(7)2;4*1-2(3)4;/h3-6H,1-2H3;4*1H3,(H,3,4);1H4. The molecule has 0 aromatic heterocycles. The van der Waals surface area contributed by atoms with Gasteiger partial charge < -0.3 is 20.4 Å². The van der Waals surface area contributed by atoms with Crippen LogP contribution in [-0.2, 0) is 19.2 Å². The second kappa shape index (κ2) is 23.6. The molecule has 0 radical (unpaired) electrons. The molecule has 0 aliphatic heterocycles. The number of carboxylic acid groups (broad SMARTS) is 4. The lowest BCUT2D eigenvalue weighted by atomic mass is 10.1. The van der Waals surface area contributed by atoms with E-state index in [0.29, 0.717) is 0 Å². The van der Waals surface area contributed by atoms with Crippen molar-refractivity contribution in [3.8, 4) is 0 Å². The molecule has 1 rings (SSSR count). The third-order valence-electron chi connectivity index (χ3n) is 1.43. The summed E-state index contributed by atoms with van der Waals surface area (Å²) in [6.45, 7) is 8.57. The second-order valence-electron chi connectivity index (χ2n) is 4.16. The smallest absolute Gasteiger partial charge is 0.300 e. The summed E-state index contributed by atoms with van der Waals surface area (Å²) in [6, 6.07) is 8.36. The summed E-state index contributed by atoms with van der Waals surface area (Å²) in [5, 5.41) is 29.7. The van der Waals surface area contributed by atoms with Crippen LogP contribution < -0.4 is 0 Å². The van der Waals surface area contributed by atoms with Crippen molar-refractivity contribution in [2.45, 2.75) is 41.5 Å². The van der Waals surface area contributed by atoms with Gasteiger partial charge in [0.25, 0.3) is 23.9 Å². The van der Waals surface area contributed by atoms with E-state index in [1.165, 1.54) is 11.1 Å². The molecule has 0 unspecified atom stereocenters. The van der Waals surface area contributed by atoms with Crippen LogP contribution in [0.5, 0.6) is 0 Å². The summed E-state index contributed by atoms with van der Waals surface area (Å²) in [5.41, 5.74) is 2.74. The molecule has 9 heteroatoms. The Morgan fingerprint density at radius 3 is 0.800 bits per heavy atom. The fourth-order valence-corrected chi connectivity index (χ4v) is 0.663. The predicted octanol–water partition coefficient (Wildman–Crippen LogP) is 1.22. The molecule has 1 aromatic carbocycles. The third kappa shape index (κ3) is 115. The maximum atomic E-state index is 9.00. The highest BCUT2D eigenvalue weighted by Crippen LogP contribution is 2.02. The fraction of sp³-hybridized carbons (Fsp3) is 0.375. The molecule has 0 fully saturated rings. The Balaban J connectivity index is -0.0000000695. The van der Waals surface area contributed by atoms with Crippen LogP contribution in [0.25, 0.3) is 0 Å². The molecule has 0 heterocycles. The number of rotatable bonds is 0. The highest BCUT2D eigenvalue weighted by Gasteiger charge is 1.83. The molecule has 0 amide bonds. The van der Waals surface area contributed by atoms with Gasteiger partial charge in [0.15, 0.2) is 0 Å². The lowest BCUT2D eigenvalue weighted by Gasteiger charge is -1.93. The van der Waals surface area contributed by atoms with Crippen molar-refractivity contribution in [1.82, 2.24) is 0 Å². The van der Waals surface area contributed by atoms with Gasteiger partial charge in [0.1, 0.15) is 0 Å². The predicted molar refractivity (Wildman–Crippen MR) is 100 cm³/mol. The number of benzene rings is 1. The first-order valence-corrected chi connectivity index (χ1v) is 6.54. The molecule has 8 nitrogen and oxygen atoms in total. The number of carboxylic acids is 4. The van der Waals surface area contributed by atoms with Crippen LogP contribution in [-0.4, -0.2) is 55.3 Å². The molecule has 0 saturated heterocycles. The lowest BCUT2D eigenvalue weighted by molar-refractivity contribution is -0.135. The summed E-state index contributed by atoms with van der Waals surface area (Å²) in [7, 11) is 0. The average molecular weight is 378 g/mol. The van der Waals surface area contributed by atoms with E-state index < -0.39 is 23.9 Å². The topological polar surface area (TPSA) is 149 Å². The van der Waals surface area contributed by atoms with Crippen molar-refractivity contribution in [3.63, 3.8) is 0 Å². The number of hydrogen-bond acceptors (Lipinski definition) is 4. The molecule has 0 atom stereocenters. The number of carbonyl (C=O) groups is 4. The lowest BCUT2D eigenvalue weighted by Crippen LogP contribution is -1.78.